The Kier molecular flexibility index (Phi) is 6.99. The molecule has 0 radical (unpaired) electrons. The number of hydrogen-bond acceptors (Lipinski definition) is 2. The molecule has 0 aliphatic carbocycles. The minimum absolute atomic E-state index is 0.186. The van der Waals surface area contributed by atoms with Crippen LogP contribution in [-0.2, 0) is 0 Å². The van der Waals surface area contributed by atoms with E-state index in [9.17, 15) is 8.78 Å². The third-order valence-corrected chi connectivity index (χ3v) is 4.06. The van der Waals surface area contributed by atoms with Crippen molar-refractivity contribution >= 4 is 23.0 Å². The Morgan fingerprint density at radius 1 is 1.14 bits per heavy atom. The molecule has 1 aromatic carbocycles. The lowest BCUT2D eigenvalue weighted by Gasteiger charge is -2.19. The van der Waals surface area contributed by atoms with E-state index in [-0.39, 0.29) is 5.69 Å². The molecule has 0 unspecified atom stereocenters. The van der Waals surface area contributed by atoms with Gasteiger partial charge in [-0.1, -0.05) is 12.8 Å². The van der Waals surface area contributed by atoms with Gasteiger partial charge in [0.1, 0.15) is 11.6 Å². The summed E-state index contributed by atoms with van der Waals surface area (Å²) in [5, 5.41) is 6.17. The van der Waals surface area contributed by atoms with Crippen LogP contribution in [0.3, 0.4) is 0 Å². The van der Waals surface area contributed by atoms with Gasteiger partial charge in [-0.05, 0) is 63.2 Å². The highest BCUT2D eigenvalue weighted by molar-refractivity contribution is 7.80. The van der Waals surface area contributed by atoms with Gasteiger partial charge in [-0.2, -0.15) is 0 Å². The number of halogens is 2. The zero-order valence-corrected chi connectivity index (χ0v) is 13.5. The fourth-order valence-electron chi connectivity index (χ4n) is 2.62. The number of rotatable bonds is 5. The first kappa shape index (κ1) is 17.1. The van der Waals surface area contributed by atoms with E-state index < -0.39 is 11.6 Å². The first-order valence-corrected chi connectivity index (χ1v) is 8.28. The highest BCUT2D eigenvalue weighted by Gasteiger charge is 2.08. The fraction of sp³-hybridized carbons (Fsp3) is 0.562. The number of likely N-dealkylation sites (tertiary alicyclic amines) is 1. The van der Waals surface area contributed by atoms with Gasteiger partial charge in [-0.15, -0.1) is 0 Å². The predicted molar refractivity (Wildman–Crippen MR) is 90.1 cm³/mol. The molecule has 1 heterocycles. The molecule has 0 amide bonds. The normalized spacial score (nSPS) is 16.1. The van der Waals surface area contributed by atoms with Crippen molar-refractivity contribution in [2.24, 2.45) is 0 Å². The second kappa shape index (κ2) is 9.00. The average Bonchev–Trinajstić information content (AvgIpc) is 2.75. The Morgan fingerprint density at radius 3 is 2.55 bits per heavy atom. The van der Waals surface area contributed by atoms with Crippen LogP contribution in [0.15, 0.2) is 18.2 Å². The van der Waals surface area contributed by atoms with Gasteiger partial charge in [0.05, 0.1) is 5.69 Å². The molecule has 0 atom stereocenters. The lowest BCUT2D eigenvalue weighted by atomic mass is 10.2. The van der Waals surface area contributed by atoms with Crippen LogP contribution in [0, 0.1) is 11.6 Å². The summed E-state index contributed by atoms with van der Waals surface area (Å²) in [5.41, 5.74) is 0.186. The van der Waals surface area contributed by atoms with Crippen molar-refractivity contribution in [1.29, 1.82) is 0 Å². The average molecular weight is 327 g/mol. The van der Waals surface area contributed by atoms with E-state index in [1.807, 2.05) is 0 Å². The number of nitrogens with one attached hydrogen (secondary N) is 2. The highest BCUT2D eigenvalue weighted by atomic mass is 32.1. The van der Waals surface area contributed by atoms with Crippen molar-refractivity contribution in [3.63, 3.8) is 0 Å². The minimum Gasteiger partial charge on any atom is -0.362 e. The molecular weight excluding hydrogens is 304 g/mol. The van der Waals surface area contributed by atoms with Crippen LogP contribution in [0.25, 0.3) is 0 Å². The summed E-state index contributed by atoms with van der Waals surface area (Å²) in [4.78, 5) is 2.49. The van der Waals surface area contributed by atoms with E-state index >= 15 is 0 Å². The molecule has 0 spiro atoms. The maximum atomic E-state index is 13.5. The monoisotopic (exact) mass is 327 g/mol. The summed E-state index contributed by atoms with van der Waals surface area (Å²) in [6, 6.07) is 3.38. The molecule has 22 heavy (non-hydrogen) atoms. The first-order chi connectivity index (χ1) is 10.6. The third kappa shape index (κ3) is 5.85. The van der Waals surface area contributed by atoms with Crippen LogP contribution in [0.1, 0.15) is 32.1 Å². The number of benzene rings is 1. The molecule has 1 fully saturated rings. The van der Waals surface area contributed by atoms with Crippen LogP contribution >= 0.6 is 12.2 Å². The molecule has 2 rings (SSSR count). The standard InChI is InChI=1S/C16H23F2N3S/c17-13-6-7-15(14(18)12-13)20-16(22)19-8-5-11-21-9-3-1-2-4-10-21/h6-7,12H,1-5,8-11H2,(H2,19,20,22). The quantitative estimate of drug-likeness (QED) is 0.639. The van der Waals surface area contributed by atoms with E-state index in [0.717, 1.165) is 25.6 Å². The second-order valence-corrected chi connectivity index (χ2v) is 6.02. The van der Waals surface area contributed by atoms with Crippen LogP contribution in [0.5, 0.6) is 0 Å². The van der Waals surface area contributed by atoms with Gasteiger partial charge in [0.15, 0.2) is 5.11 Å². The number of thiocarbonyl (C=S) groups is 1. The summed E-state index contributed by atoms with van der Waals surface area (Å²) < 4.78 is 26.3. The molecule has 0 aromatic heterocycles. The number of anilines is 1. The summed E-state index contributed by atoms with van der Waals surface area (Å²) in [5.74, 6) is -1.24. The zero-order valence-electron chi connectivity index (χ0n) is 12.7. The Balaban J connectivity index is 1.65. The smallest absolute Gasteiger partial charge is 0.170 e. The minimum atomic E-state index is -0.645. The van der Waals surface area contributed by atoms with Crippen LogP contribution in [0.2, 0.25) is 0 Å². The van der Waals surface area contributed by atoms with Gasteiger partial charge in [0, 0.05) is 12.6 Å². The van der Waals surface area contributed by atoms with Crippen molar-refractivity contribution in [1.82, 2.24) is 10.2 Å². The molecule has 1 aromatic rings. The zero-order chi connectivity index (χ0) is 15.8. The van der Waals surface area contributed by atoms with Gasteiger partial charge in [-0.25, -0.2) is 8.78 Å². The Hall–Kier alpha value is -1.27. The van der Waals surface area contributed by atoms with Crippen molar-refractivity contribution in [3.05, 3.63) is 29.8 Å². The van der Waals surface area contributed by atoms with Crippen molar-refractivity contribution < 1.29 is 8.78 Å². The molecule has 3 nitrogen and oxygen atoms in total. The SMILES string of the molecule is Fc1ccc(NC(=S)NCCCN2CCCCCC2)c(F)c1. The predicted octanol–water partition coefficient (Wildman–Crippen LogP) is 3.52. The maximum absolute atomic E-state index is 13.5. The molecule has 1 saturated heterocycles. The summed E-state index contributed by atoms with van der Waals surface area (Å²) >= 11 is 5.12. The fourth-order valence-corrected chi connectivity index (χ4v) is 2.83. The Bertz CT molecular complexity index is 488. The topological polar surface area (TPSA) is 27.3 Å². The van der Waals surface area contributed by atoms with E-state index in [1.54, 1.807) is 0 Å². The van der Waals surface area contributed by atoms with E-state index in [0.29, 0.717) is 5.11 Å². The molecule has 0 bridgehead atoms. The molecule has 2 N–H and O–H groups in total. The van der Waals surface area contributed by atoms with Gasteiger partial charge in [0.2, 0.25) is 0 Å². The van der Waals surface area contributed by atoms with Crippen molar-refractivity contribution in [2.75, 3.05) is 31.5 Å². The van der Waals surface area contributed by atoms with Gasteiger partial charge < -0.3 is 15.5 Å². The lowest BCUT2D eigenvalue weighted by molar-refractivity contribution is 0.282. The number of nitrogens with zero attached hydrogens (tertiary/aromatic N) is 1. The molecule has 6 heteroatoms. The summed E-state index contributed by atoms with van der Waals surface area (Å²) in [6.07, 6.45) is 6.25. The lowest BCUT2D eigenvalue weighted by Crippen LogP contribution is -2.33. The molecule has 122 valence electrons. The van der Waals surface area contributed by atoms with Crippen molar-refractivity contribution in [3.8, 4) is 0 Å². The van der Waals surface area contributed by atoms with Crippen LogP contribution in [0.4, 0.5) is 14.5 Å². The van der Waals surface area contributed by atoms with E-state index in [4.69, 9.17) is 12.2 Å². The van der Waals surface area contributed by atoms with Gasteiger partial charge in [0.25, 0.3) is 0 Å². The summed E-state index contributed by atoms with van der Waals surface area (Å²) in [6.45, 7) is 4.17. The maximum Gasteiger partial charge on any atom is 0.170 e. The highest BCUT2D eigenvalue weighted by Crippen LogP contribution is 2.14. The summed E-state index contributed by atoms with van der Waals surface area (Å²) in [7, 11) is 0. The van der Waals surface area contributed by atoms with Gasteiger partial charge >= 0.3 is 0 Å². The van der Waals surface area contributed by atoms with E-state index in [2.05, 4.69) is 15.5 Å². The Morgan fingerprint density at radius 2 is 1.86 bits per heavy atom. The second-order valence-electron chi connectivity index (χ2n) is 5.61. The first-order valence-electron chi connectivity index (χ1n) is 7.87. The largest absolute Gasteiger partial charge is 0.362 e. The van der Waals surface area contributed by atoms with E-state index in [1.165, 1.54) is 50.9 Å². The Labute approximate surface area is 136 Å². The van der Waals surface area contributed by atoms with Gasteiger partial charge in [-0.3, -0.25) is 0 Å². The third-order valence-electron chi connectivity index (χ3n) is 3.81. The molecular formula is C16H23F2N3S. The number of hydrogen-bond donors (Lipinski definition) is 2. The molecule has 1 aliphatic rings. The molecule has 1 aliphatic heterocycles. The molecule has 0 saturated carbocycles. The van der Waals surface area contributed by atoms with Crippen LogP contribution < -0.4 is 10.6 Å². The van der Waals surface area contributed by atoms with Crippen LogP contribution in [-0.4, -0.2) is 36.2 Å². The van der Waals surface area contributed by atoms with Crippen molar-refractivity contribution in [2.45, 2.75) is 32.1 Å².